The first-order valence-corrected chi connectivity index (χ1v) is 12.2. The van der Waals surface area contributed by atoms with Gasteiger partial charge >= 0.3 is 5.97 Å². The minimum atomic E-state index is -0.600. The Kier molecular flexibility index (Phi) is 8.24. The van der Waals surface area contributed by atoms with Gasteiger partial charge in [0, 0.05) is 19.0 Å². The summed E-state index contributed by atoms with van der Waals surface area (Å²) in [6.45, 7) is 6.24. The number of pyridine rings is 1. The highest BCUT2D eigenvalue weighted by atomic mass is 32.2. The molecule has 5 nitrogen and oxygen atoms in total. The van der Waals surface area contributed by atoms with Gasteiger partial charge < -0.3 is 4.74 Å². The summed E-state index contributed by atoms with van der Waals surface area (Å²) in [4.78, 5) is 42.0. The standard InChI is InChI=1S/C26H31NO4S/c1-5-18-11-16(3)12-19(6-2)24(18)25-21(28)13-17(14-22(25)29)9-10-32-23-8-7-20(15-27-23)26(30)31-4/h7-8,11-12,15,17,25H,5-6,9-10,13-14H2,1-4H3. The summed E-state index contributed by atoms with van der Waals surface area (Å²) in [6.07, 6.45) is 4.83. The first kappa shape index (κ1) is 24.2. The highest BCUT2D eigenvalue weighted by Crippen LogP contribution is 2.37. The van der Waals surface area contributed by atoms with Gasteiger partial charge in [-0.1, -0.05) is 31.5 Å². The molecule has 0 amide bonds. The van der Waals surface area contributed by atoms with Gasteiger partial charge in [-0.05, 0) is 66.7 Å². The molecule has 1 aromatic carbocycles. The van der Waals surface area contributed by atoms with E-state index in [-0.39, 0.29) is 17.5 Å². The fourth-order valence-corrected chi connectivity index (χ4v) is 5.48. The van der Waals surface area contributed by atoms with E-state index in [2.05, 4.69) is 42.6 Å². The summed E-state index contributed by atoms with van der Waals surface area (Å²) in [5.41, 5.74) is 4.83. The number of carbonyl (C=O) groups is 3. The molecular formula is C26H31NO4S. The molecule has 170 valence electrons. The monoisotopic (exact) mass is 453 g/mol. The molecule has 0 bridgehead atoms. The van der Waals surface area contributed by atoms with Crippen molar-refractivity contribution in [3.8, 4) is 0 Å². The molecule has 0 aliphatic heterocycles. The third kappa shape index (κ3) is 5.47. The molecule has 0 saturated heterocycles. The Morgan fingerprint density at radius 3 is 2.22 bits per heavy atom. The van der Waals surface area contributed by atoms with Crippen molar-refractivity contribution in [3.63, 3.8) is 0 Å². The van der Waals surface area contributed by atoms with E-state index in [1.54, 1.807) is 23.9 Å². The molecule has 1 heterocycles. The first-order chi connectivity index (χ1) is 15.4. The maximum absolute atomic E-state index is 13.1. The maximum atomic E-state index is 13.1. The van der Waals surface area contributed by atoms with Crippen LogP contribution in [0.1, 0.15) is 71.6 Å². The smallest absolute Gasteiger partial charge is 0.339 e. The van der Waals surface area contributed by atoms with Crippen molar-refractivity contribution >= 4 is 29.3 Å². The zero-order valence-corrected chi connectivity index (χ0v) is 20.1. The van der Waals surface area contributed by atoms with Crippen molar-refractivity contribution < 1.29 is 19.1 Å². The molecule has 0 spiro atoms. The van der Waals surface area contributed by atoms with Crippen LogP contribution in [0.4, 0.5) is 0 Å². The zero-order valence-electron chi connectivity index (χ0n) is 19.3. The molecule has 32 heavy (non-hydrogen) atoms. The highest BCUT2D eigenvalue weighted by molar-refractivity contribution is 7.99. The molecule has 2 aromatic rings. The van der Waals surface area contributed by atoms with Crippen LogP contribution in [0.2, 0.25) is 0 Å². The van der Waals surface area contributed by atoms with E-state index in [1.807, 2.05) is 0 Å². The summed E-state index contributed by atoms with van der Waals surface area (Å²) in [5.74, 6) is -0.0413. The number of ketones is 2. The Labute approximate surface area is 194 Å². The fraction of sp³-hybridized carbons (Fsp3) is 0.462. The van der Waals surface area contributed by atoms with Crippen LogP contribution in [0.15, 0.2) is 35.5 Å². The van der Waals surface area contributed by atoms with Crippen molar-refractivity contribution in [2.24, 2.45) is 5.92 Å². The number of nitrogens with zero attached hydrogens (tertiary/aromatic N) is 1. The Balaban J connectivity index is 1.63. The van der Waals surface area contributed by atoms with Gasteiger partial charge in [0.25, 0.3) is 0 Å². The number of carbonyl (C=O) groups excluding carboxylic acids is 3. The first-order valence-electron chi connectivity index (χ1n) is 11.2. The second kappa shape index (κ2) is 10.9. The van der Waals surface area contributed by atoms with Gasteiger partial charge in [-0.15, -0.1) is 11.8 Å². The Bertz CT molecular complexity index is 956. The van der Waals surface area contributed by atoms with Gasteiger partial charge in [0.2, 0.25) is 0 Å². The van der Waals surface area contributed by atoms with Crippen LogP contribution in [0.5, 0.6) is 0 Å². The lowest BCUT2D eigenvalue weighted by atomic mass is 9.73. The number of rotatable bonds is 8. The molecule has 0 N–H and O–H groups in total. The molecule has 0 atom stereocenters. The maximum Gasteiger partial charge on any atom is 0.339 e. The SMILES string of the molecule is CCc1cc(C)cc(CC)c1C1C(=O)CC(CCSc2ccc(C(=O)OC)cn2)CC1=O. The average molecular weight is 454 g/mol. The van der Waals surface area contributed by atoms with E-state index >= 15 is 0 Å². The Morgan fingerprint density at radius 1 is 1.09 bits per heavy atom. The molecule has 3 rings (SSSR count). The molecule has 1 aromatic heterocycles. The molecular weight excluding hydrogens is 422 g/mol. The summed E-state index contributed by atoms with van der Waals surface area (Å²) in [7, 11) is 1.34. The van der Waals surface area contributed by atoms with Crippen molar-refractivity contribution in [1.29, 1.82) is 0 Å². The number of methoxy groups -OCH3 is 1. The molecule has 1 aliphatic rings. The summed E-state index contributed by atoms with van der Waals surface area (Å²) < 4.78 is 4.68. The number of hydrogen-bond acceptors (Lipinski definition) is 6. The van der Waals surface area contributed by atoms with Crippen LogP contribution in [0, 0.1) is 12.8 Å². The quantitative estimate of drug-likeness (QED) is 0.314. The second-order valence-electron chi connectivity index (χ2n) is 8.36. The Hall–Kier alpha value is -2.47. The van der Waals surface area contributed by atoms with Crippen molar-refractivity contribution in [2.45, 2.75) is 63.8 Å². The molecule has 0 radical (unpaired) electrons. The molecule has 1 saturated carbocycles. The topological polar surface area (TPSA) is 73.3 Å². The minimum Gasteiger partial charge on any atom is -0.465 e. The van der Waals surface area contributed by atoms with E-state index in [4.69, 9.17) is 0 Å². The Morgan fingerprint density at radius 2 is 1.72 bits per heavy atom. The third-order valence-electron chi connectivity index (χ3n) is 6.10. The lowest BCUT2D eigenvalue weighted by Gasteiger charge is -2.29. The normalized spacial score (nSPS) is 18.6. The van der Waals surface area contributed by atoms with E-state index in [9.17, 15) is 14.4 Å². The van der Waals surface area contributed by atoms with Crippen molar-refractivity contribution in [1.82, 2.24) is 4.98 Å². The van der Waals surface area contributed by atoms with E-state index in [0.29, 0.717) is 18.4 Å². The third-order valence-corrected chi connectivity index (χ3v) is 7.08. The van der Waals surface area contributed by atoms with Gasteiger partial charge in [-0.25, -0.2) is 9.78 Å². The second-order valence-corrected chi connectivity index (χ2v) is 9.47. The predicted octanol–water partition coefficient (Wildman–Crippen LogP) is 5.12. The van der Waals surface area contributed by atoms with Gasteiger partial charge in [0.15, 0.2) is 0 Å². The van der Waals surface area contributed by atoms with Crippen LogP contribution >= 0.6 is 11.8 Å². The summed E-state index contributed by atoms with van der Waals surface area (Å²) in [5, 5.41) is 0.809. The number of esters is 1. The molecule has 1 aliphatic carbocycles. The lowest BCUT2D eigenvalue weighted by Crippen LogP contribution is -2.33. The fourth-order valence-electron chi connectivity index (χ4n) is 4.53. The van der Waals surface area contributed by atoms with E-state index in [1.165, 1.54) is 18.9 Å². The van der Waals surface area contributed by atoms with Crippen LogP contribution in [0.3, 0.4) is 0 Å². The van der Waals surface area contributed by atoms with Crippen molar-refractivity contribution in [2.75, 3.05) is 12.9 Å². The van der Waals surface area contributed by atoms with Gasteiger partial charge in [-0.3, -0.25) is 9.59 Å². The number of aromatic nitrogens is 1. The van der Waals surface area contributed by atoms with Gasteiger partial charge in [0.1, 0.15) is 17.5 Å². The van der Waals surface area contributed by atoms with E-state index in [0.717, 1.165) is 46.7 Å². The van der Waals surface area contributed by atoms with Crippen molar-refractivity contribution in [3.05, 3.63) is 58.3 Å². The number of ether oxygens (including phenoxy) is 1. The summed E-state index contributed by atoms with van der Waals surface area (Å²) >= 11 is 1.57. The number of Topliss-reactive ketones (excluding diaryl/α,β-unsaturated/α-hetero) is 2. The van der Waals surface area contributed by atoms with Crippen LogP contribution in [0.25, 0.3) is 0 Å². The number of aryl methyl sites for hydroxylation is 3. The van der Waals surface area contributed by atoms with Gasteiger partial charge in [0.05, 0.1) is 17.7 Å². The molecule has 1 fully saturated rings. The highest BCUT2D eigenvalue weighted by Gasteiger charge is 2.38. The lowest BCUT2D eigenvalue weighted by molar-refractivity contribution is -0.133. The number of thioether (sulfide) groups is 1. The van der Waals surface area contributed by atoms with E-state index < -0.39 is 11.9 Å². The molecule has 0 unspecified atom stereocenters. The number of benzene rings is 1. The number of hydrogen-bond donors (Lipinski definition) is 0. The largest absolute Gasteiger partial charge is 0.465 e. The van der Waals surface area contributed by atoms with Crippen LogP contribution in [-0.4, -0.2) is 35.4 Å². The van der Waals surface area contributed by atoms with Gasteiger partial charge in [-0.2, -0.15) is 0 Å². The summed E-state index contributed by atoms with van der Waals surface area (Å²) in [6, 6.07) is 7.73. The van der Waals surface area contributed by atoms with Crippen LogP contribution in [-0.2, 0) is 27.2 Å². The zero-order chi connectivity index (χ0) is 23.3. The molecule has 6 heteroatoms. The minimum absolute atomic E-state index is 0.0602. The average Bonchev–Trinajstić information content (AvgIpc) is 2.79. The predicted molar refractivity (Wildman–Crippen MR) is 126 cm³/mol. The van der Waals surface area contributed by atoms with Crippen LogP contribution < -0.4 is 0 Å².